The van der Waals surface area contributed by atoms with Crippen LogP contribution >= 0.6 is 15.9 Å². The summed E-state index contributed by atoms with van der Waals surface area (Å²) in [5.41, 5.74) is -0.827. The predicted molar refractivity (Wildman–Crippen MR) is 51.0 cm³/mol. The van der Waals surface area contributed by atoms with E-state index in [-0.39, 0.29) is 6.42 Å². The molecule has 0 aromatic heterocycles. The minimum absolute atomic E-state index is 0.199. The molecule has 0 amide bonds. The molecule has 1 fully saturated rings. The van der Waals surface area contributed by atoms with Crippen molar-refractivity contribution < 1.29 is 13.2 Å². The quantitative estimate of drug-likeness (QED) is 0.722. The highest BCUT2D eigenvalue weighted by Gasteiger charge is 2.68. The molecule has 0 heterocycles. The molecule has 0 aliphatic heterocycles. The number of hydrogen-bond acceptors (Lipinski definition) is 0. The molecule has 1 atom stereocenters. The van der Waals surface area contributed by atoms with Crippen LogP contribution in [0.1, 0.15) is 18.9 Å². The van der Waals surface area contributed by atoms with Gasteiger partial charge in [0.2, 0.25) is 0 Å². The van der Waals surface area contributed by atoms with Gasteiger partial charge in [-0.25, -0.2) is 13.2 Å². The lowest BCUT2D eigenvalue weighted by Gasteiger charge is -2.10. The summed E-state index contributed by atoms with van der Waals surface area (Å²) in [5, 5.41) is 0. The maximum absolute atomic E-state index is 13.0. The van der Waals surface area contributed by atoms with E-state index in [1.165, 1.54) is 19.1 Å². The Balaban J connectivity index is 2.44. The zero-order valence-corrected chi connectivity index (χ0v) is 9.04. The lowest BCUT2D eigenvalue weighted by atomic mass is 9.98. The first-order chi connectivity index (χ1) is 6.35. The van der Waals surface area contributed by atoms with Crippen LogP contribution in [0.4, 0.5) is 13.2 Å². The Bertz CT molecular complexity index is 369. The van der Waals surface area contributed by atoms with Crippen LogP contribution in [0.25, 0.3) is 0 Å². The maximum atomic E-state index is 13.0. The van der Waals surface area contributed by atoms with Gasteiger partial charge in [0.1, 0.15) is 5.82 Å². The highest BCUT2D eigenvalue weighted by Crippen LogP contribution is 2.61. The molecule has 0 saturated heterocycles. The molecule has 76 valence electrons. The van der Waals surface area contributed by atoms with E-state index in [4.69, 9.17) is 0 Å². The number of benzene rings is 1. The van der Waals surface area contributed by atoms with Crippen molar-refractivity contribution in [2.75, 3.05) is 0 Å². The summed E-state index contributed by atoms with van der Waals surface area (Å²) < 4.78 is 39.4. The second-order valence-corrected chi connectivity index (χ2v) is 4.79. The second kappa shape index (κ2) is 2.75. The molecular weight excluding hydrogens is 257 g/mol. The third kappa shape index (κ3) is 1.36. The molecule has 1 saturated carbocycles. The average molecular weight is 265 g/mol. The van der Waals surface area contributed by atoms with E-state index in [9.17, 15) is 13.2 Å². The summed E-state index contributed by atoms with van der Waals surface area (Å²) in [6.45, 7) is 1.45. The second-order valence-electron chi connectivity index (χ2n) is 3.87. The first-order valence-corrected chi connectivity index (χ1v) is 4.99. The van der Waals surface area contributed by atoms with Gasteiger partial charge >= 0.3 is 0 Å². The fraction of sp³-hybridized carbons (Fsp3) is 0.400. The van der Waals surface area contributed by atoms with Gasteiger partial charge in [-0.3, -0.25) is 0 Å². The minimum Gasteiger partial charge on any atom is -0.207 e. The van der Waals surface area contributed by atoms with E-state index in [2.05, 4.69) is 15.9 Å². The van der Waals surface area contributed by atoms with Crippen LogP contribution < -0.4 is 0 Å². The molecule has 0 nitrogen and oxygen atoms in total. The van der Waals surface area contributed by atoms with Crippen molar-refractivity contribution in [1.29, 1.82) is 0 Å². The maximum Gasteiger partial charge on any atom is 0.258 e. The van der Waals surface area contributed by atoms with Crippen LogP contribution in [0.15, 0.2) is 22.7 Å². The molecule has 1 aliphatic rings. The van der Waals surface area contributed by atoms with Crippen molar-refractivity contribution in [3.63, 3.8) is 0 Å². The smallest absolute Gasteiger partial charge is 0.207 e. The molecule has 1 aromatic rings. The van der Waals surface area contributed by atoms with Crippen molar-refractivity contribution in [3.8, 4) is 0 Å². The van der Waals surface area contributed by atoms with Crippen LogP contribution in [-0.2, 0) is 5.41 Å². The predicted octanol–water partition coefficient (Wildman–Crippen LogP) is 3.88. The summed E-state index contributed by atoms with van der Waals surface area (Å²) in [4.78, 5) is 0. The molecule has 0 bridgehead atoms. The highest BCUT2D eigenvalue weighted by molar-refractivity contribution is 9.10. The van der Waals surface area contributed by atoms with E-state index < -0.39 is 17.2 Å². The number of alkyl halides is 2. The number of halogens is 4. The molecular formula is C10H8BrF3. The summed E-state index contributed by atoms with van der Waals surface area (Å²) in [6.07, 6.45) is -0.199. The Morgan fingerprint density at radius 3 is 2.29 bits per heavy atom. The van der Waals surface area contributed by atoms with E-state index in [0.717, 1.165) is 0 Å². The largest absolute Gasteiger partial charge is 0.258 e. The van der Waals surface area contributed by atoms with Crippen molar-refractivity contribution in [3.05, 3.63) is 34.1 Å². The van der Waals surface area contributed by atoms with Crippen molar-refractivity contribution >= 4 is 15.9 Å². The van der Waals surface area contributed by atoms with Gasteiger partial charge in [0, 0.05) is 10.9 Å². The highest BCUT2D eigenvalue weighted by atomic mass is 79.9. The van der Waals surface area contributed by atoms with E-state index in [0.29, 0.717) is 10.0 Å². The van der Waals surface area contributed by atoms with Gasteiger partial charge in [-0.2, -0.15) is 0 Å². The summed E-state index contributed by atoms with van der Waals surface area (Å²) in [7, 11) is 0. The fourth-order valence-electron chi connectivity index (χ4n) is 1.59. The van der Waals surface area contributed by atoms with Gasteiger partial charge in [-0.1, -0.05) is 15.9 Å². The van der Waals surface area contributed by atoms with E-state index >= 15 is 0 Å². The van der Waals surface area contributed by atoms with Gasteiger partial charge in [-0.05, 0) is 30.7 Å². The zero-order valence-electron chi connectivity index (χ0n) is 7.45. The average Bonchev–Trinajstić information content (AvgIpc) is 2.50. The Morgan fingerprint density at radius 2 is 1.86 bits per heavy atom. The fourth-order valence-corrected chi connectivity index (χ4v) is 2.05. The van der Waals surface area contributed by atoms with Crippen molar-refractivity contribution in [2.45, 2.75) is 24.7 Å². The molecule has 1 aromatic carbocycles. The minimum atomic E-state index is -2.69. The van der Waals surface area contributed by atoms with Crippen LogP contribution in [-0.4, -0.2) is 5.92 Å². The Hall–Kier alpha value is -0.510. The standard InChI is InChI=1S/C10H8BrF3/c1-9(5-10(9,13)14)6-2-7(11)4-8(12)3-6/h2-4H,5H2,1H3. The monoisotopic (exact) mass is 264 g/mol. The van der Waals surface area contributed by atoms with Gasteiger partial charge in [0.15, 0.2) is 0 Å². The van der Waals surface area contributed by atoms with Crippen LogP contribution in [0, 0.1) is 5.82 Å². The van der Waals surface area contributed by atoms with E-state index in [1.807, 2.05) is 0 Å². The molecule has 0 N–H and O–H groups in total. The topological polar surface area (TPSA) is 0 Å². The van der Waals surface area contributed by atoms with Crippen molar-refractivity contribution in [2.24, 2.45) is 0 Å². The Labute approximate surface area is 88.2 Å². The summed E-state index contributed by atoms with van der Waals surface area (Å²) in [5.74, 6) is -3.18. The normalized spacial score (nSPS) is 28.9. The third-order valence-electron chi connectivity index (χ3n) is 2.76. The summed E-state index contributed by atoms with van der Waals surface area (Å²) in [6, 6.07) is 3.98. The van der Waals surface area contributed by atoms with Gasteiger partial charge in [-0.15, -0.1) is 0 Å². The van der Waals surface area contributed by atoms with Gasteiger partial charge < -0.3 is 0 Å². The van der Waals surface area contributed by atoms with Crippen LogP contribution in [0.2, 0.25) is 0 Å². The van der Waals surface area contributed by atoms with Gasteiger partial charge in [0.25, 0.3) is 5.92 Å². The molecule has 0 radical (unpaired) electrons. The van der Waals surface area contributed by atoms with Crippen LogP contribution in [0.3, 0.4) is 0 Å². The Morgan fingerprint density at radius 1 is 1.29 bits per heavy atom. The van der Waals surface area contributed by atoms with Crippen molar-refractivity contribution in [1.82, 2.24) is 0 Å². The SMILES string of the molecule is CC1(c2cc(F)cc(Br)c2)CC1(F)F. The summed E-state index contributed by atoms with van der Waals surface area (Å²) >= 11 is 3.09. The lowest BCUT2D eigenvalue weighted by molar-refractivity contribution is 0.0919. The molecule has 2 rings (SSSR count). The Kier molecular flexibility index (Phi) is 1.97. The molecule has 14 heavy (non-hydrogen) atoms. The van der Waals surface area contributed by atoms with Crippen LogP contribution in [0.5, 0.6) is 0 Å². The zero-order chi connectivity index (χ0) is 10.6. The number of hydrogen-bond donors (Lipinski definition) is 0. The number of rotatable bonds is 1. The van der Waals surface area contributed by atoms with Gasteiger partial charge in [0.05, 0.1) is 5.41 Å². The third-order valence-corrected chi connectivity index (χ3v) is 3.22. The molecule has 1 unspecified atom stereocenters. The molecule has 0 spiro atoms. The first kappa shape index (κ1) is 10.0. The first-order valence-electron chi connectivity index (χ1n) is 4.20. The van der Waals surface area contributed by atoms with E-state index in [1.54, 1.807) is 6.07 Å². The molecule has 1 aliphatic carbocycles. The molecule has 4 heteroatoms. The lowest BCUT2D eigenvalue weighted by Crippen LogP contribution is -2.11.